The summed E-state index contributed by atoms with van der Waals surface area (Å²) in [5.74, 6) is 0. The predicted octanol–water partition coefficient (Wildman–Crippen LogP) is 3.33. The molecule has 0 spiro atoms. The average molecular weight is 242 g/mol. The molecule has 2 nitrogen and oxygen atoms in total. The summed E-state index contributed by atoms with van der Waals surface area (Å²) in [5, 5.41) is 0. The zero-order chi connectivity index (χ0) is 10.3. The molecule has 13 heavy (non-hydrogen) atoms. The highest BCUT2D eigenvalue weighted by molar-refractivity contribution is 7.64. The third-order valence-corrected chi connectivity index (χ3v) is 5.91. The van der Waals surface area contributed by atoms with Crippen LogP contribution in [0.25, 0.3) is 0 Å². The Bertz CT molecular complexity index is 202. The normalized spacial score (nSPS) is 11.6. The van der Waals surface area contributed by atoms with Crippen LogP contribution in [-0.2, 0) is 4.57 Å². The van der Waals surface area contributed by atoms with Gasteiger partial charge in [-0.15, -0.1) is 36.4 Å². The molecule has 0 radical (unpaired) electrons. The Labute approximate surface area is 89.6 Å². The lowest BCUT2D eigenvalue weighted by Crippen LogP contribution is -2.22. The standard InChI is InChI=1S/C8H14Cl2NOP/c1-3-5-11(6-4-2)13(12,7-9)8-10/h3-4H,1-2,5-8H2. The van der Waals surface area contributed by atoms with E-state index in [2.05, 4.69) is 13.2 Å². The minimum atomic E-state index is -2.60. The highest BCUT2D eigenvalue weighted by atomic mass is 35.5. The Morgan fingerprint density at radius 3 is 1.77 bits per heavy atom. The molecule has 0 aromatic carbocycles. The smallest absolute Gasteiger partial charge is 0.179 e. The van der Waals surface area contributed by atoms with Crippen LogP contribution in [0.15, 0.2) is 25.3 Å². The number of hydrogen-bond donors (Lipinski definition) is 0. The van der Waals surface area contributed by atoms with Gasteiger partial charge >= 0.3 is 0 Å². The second-order valence-corrected chi connectivity index (χ2v) is 6.70. The third kappa shape index (κ3) is 3.86. The van der Waals surface area contributed by atoms with Crippen molar-refractivity contribution in [2.45, 2.75) is 0 Å². The van der Waals surface area contributed by atoms with E-state index >= 15 is 0 Å². The maximum atomic E-state index is 12.0. The fraction of sp³-hybridized carbons (Fsp3) is 0.500. The van der Waals surface area contributed by atoms with E-state index in [4.69, 9.17) is 23.2 Å². The second kappa shape index (κ2) is 6.67. The highest BCUT2D eigenvalue weighted by Gasteiger charge is 2.26. The van der Waals surface area contributed by atoms with E-state index in [0.717, 1.165) is 0 Å². The number of alkyl halides is 2. The zero-order valence-corrected chi connectivity index (χ0v) is 9.86. The molecule has 0 atom stereocenters. The fourth-order valence-corrected chi connectivity index (χ4v) is 3.72. The molecule has 0 N–H and O–H groups in total. The molecule has 0 saturated carbocycles. The van der Waals surface area contributed by atoms with Crippen molar-refractivity contribution in [1.29, 1.82) is 0 Å². The van der Waals surface area contributed by atoms with E-state index in [1.165, 1.54) is 0 Å². The van der Waals surface area contributed by atoms with Gasteiger partial charge < -0.3 is 4.57 Å². The Morgan fingerprint density at radius 2 is 1.54 bits per heavy atom. The quantitative estimate of drug-likeness (QED) is 0.387. The number of hydrogen-bond acceptors (Lipinski definition) is 1. The third-order valence-electron chi connectivity index (χ3n) is 1.57. The Morgan fingerprint density at radius 1 is 1.15 bits per heavy atom. The van der Waals surface area contributed by atoms with Crippen LogP contribution in [0, 0.1) is 0 Å². The van der Waals surface area contributed by atoms with Crippen LogP contribution in [0.4, 0.5) is 0 Å². The van der Waals surface area contributed by atoms with Gasteiger partial charge in [0.15, 0.2) is 7.29 Å². The molecule has 0 rings (SSSR count). The molecule has 5 heteroatoms. The molecule has 0 amide bonds. The van der Waals surface area contributed by atoms with Gasteiger partial charge in [0.1, 0.15) is 0 Å². The molecule has 0 unspecified atom stereocenters. The molecule has 0 aliphatic rings. The van der Waals surface area contributed by atoms with Crippen LogP contribution in [0.2, 0.25) is 0 Å². The summed E-state index contributed by atoms with van der Waals surface area (Å²) < 4.78 is 13.7. The van der Waals surface area contributed by atoms with Crippen molar-refractivity contribution in [3.05, 3.63) is 25.3 Å². The molecule has 0 aromatic heterocycles. The van der Waals surface area contributed by atoms with E-state index in [-0.39, 0.29) is 11.2 Å². The minimum absolute atomic E-state index is 0.0676. The average Bonchev–Trinajstić information content (AvgIpc) is 2.16. The zero-order valence-electron chi connectivity index (χ0n) is 7.46. The van der Waals surface area contributed by atoms with Crippen LogP contribution in [0.5, 0.6) is 0 Å². The van der Waals surface area contributed by atoms with E-state index in [0.29, 0.717) is 13.1 Å². The Kier molecular flexibility index (Phi) is 6.79. The number of rotatable bonds is 7. The van der Waals surface area contributed by atoms with Gasteiger partial charge in [-0.05, 0) is 0 Å². The predicted molar refractivity (Wildman–Crippen MR) is 61.0 cm³/mol. The van der Waals surface area contributed by atoms with E-state index in [1.54, 1.807) is 16.8 Å². The lowest BCUT2D eigenvalue weighted by molar-refractivity contribution is 0.479. The second-order valence-electron chi connectivity index (χ2n) is 2.53. The molecule has 0 heterocycles. The molecule has 0 bridgehead atoms. The molecule has 0 fully saturated rings. The summed E-state index contributed by atoms with van der Waals surface area (Å²) >= 11 is 11.2. The van der Waals surface area contributed by atoms with Crippen molar-refractivity contribution >= 4 is 30.5 Å². The minimum Gasteiger partial charge on any atom is -0.304 e. The van der Waals surface area contributed by atoms with Gasteiger partial charge in [0.2, 0.25) is 0 Å². The van der Waals surface area contributed by atoms with E-state index in [1.807, 2.05) is 0 Å². The Balaban J connectivity index is 4.56. The molecule has 76 valence electrons. The van der Waals surface area contributed by atoms with Crippen molar-refractivity contribution in [1.82, 2.24) is 4.67 Å². The van der Waals surface area contributed by atoms with Gasteiger partial charge in [-0.2, -0.15) is 0 Å². The first-order valence-corrected chi connectivity index (χ1v) is 6.91. The van der Waals surface area contributed by atoms with Crippen molar-refractivity contribution in [2.75, 3.05) is 24.3 Å². The maximum absolute atomic E-state index is 12.0. The molecule has 0 aromatic rings. The van der Waals surface area contributed by atoms with Crippen molar-refractivity contribution < 1.29 is 4.57 Å². The first kappa shape index (κ1) is 13.2. The van der Waals surface area contributed by atoms with Crippen LogP contribution < -0.4 is 0 Å². The summed E-state index contributed by atoms with van der Waals surface area (Å²) in [4.78, 5) is 0. The highest BCUT2D eigenvalue weighted by Crippen LogP contribution is 2.51. The van der Waals surface area contributed by atoms with Crippen LogP contribution in [0.1, 0.15) is 0 Å². The van der Waals surface area contributed by atoms with Crippen LogP contribution in [0.3, 0.4) is 0 Å². The first-order valence-electron chi connectivity index (χ1n) is 3.82. The van der Waals surface area contributed by atoms with Crippen molar-refractivity contribution in [2.24, 2.45) is 0 Å². The number of halogens is 2. The lowest BCUT2D eigenvalue weighted by atomic mass is 10.5. The summed E-state index contributed by atoms with van der Waals surface area (Å²) in [6, 6.07) is 0. The van der Waals surface area contributed by atoms with Crippen molar-refractivity contribution in [3.63, 3.8) is 0 Å². The summed E-state index contributed by atoms with van der Waals surface area (Å²) in [6.07, 6.45) is 3.35. The molecule has 0 saturated heterocycles. The molecular formula is C8H14Cl2NOP. The van der Waals surface area contributed by atoms with Gasteiger partial charge in [0.25, 0.3) is 0 Å². The van der Waals surface area contributed by atoms with Gasteiger partial charge in [0.05, 0.1) is 11.2 Å². The molecular weight excluding hydrogens is 228 g/mol. The SMILES string of the molecule is C=CCN(CC=C)P(=O)(CCl)CCl. The fourth-order valence-electron chi connectivity index (χ4n) is 0.853. The first-order chi connectivity index (χ1) is 6.14. The van der Waals surface area contributed by atoms with Gasteiger partial charge in [-0.1, -0.05) is 12.2 Å². The van der Waals surface area contributed by atoms with Crippen LogP contribution >= 0.6 is 30.5 Å². The topological polar surface area (TPSA) is 20.3 Å². The van der Waals surface area contributed by atoms with Gasteiger partial charge in [0, 0.05) is 13.1 Å². The summed E-state index contributed by atoms with van der Waals surface area (Å²) in [5.41, 5.74) is 0.135. The number of nitrogens with zero attached hydrogens (tertiary/aromatic N) is 1. The summed E-state index contributed by atoms with van der Waals surface area (Å²) in [6.45, 7) is 8.20. The van der Waals surface area contributed by atoms with Gasteiger partial charge in [-0.25, -0.2) is 4.67 Å². The van der Waals surface area contributed by atoms with E-state index < -0.39 is 7.29 Å². The van der Waals surface area contributed by atoms with Crippen LogP contribution in [-0.4, -0.2) is 29.0 Å². The largest absolute Gasteiger partial charge is 0.304 e. The molecule has 0 aliphatic carbocycles. The van der Waals surface area contributed by atoms with Gasteiger partial charge in [-0.3, -0.25) is 0 Å². The van der Waals surface area contributed by atoms with Crippen molar-refractivity contribution in [3.8, 4) is 0 Å². The lowest BCUT2D eigenvalue weighted by Gasteiger charge is -2.26. The maximum Gasteiger partial charge on any atom is 0.179 e. The Hall–Kier alpha value is 0.250. The summed E-state index contributed by atoms with van der Waals surface area (Å²) in [7, 11) is -2.60. The monoisotopic (exact) mass is 241 g/mol. The van der Waals surface area contributed by atoms with E-state index in [9.17, 15) is 4.57 Å². The molecule has 0 aliphatic heterocycles.